The number of carbonyl (C=O) groups is 2. The summed E-state index contributed by atoms with van der Waals surface area (Å²) < 4.78 is 0. The minimum Gasteiger partial charge on any atom is -0.399 e. The second-order valence-corrected chi connectivity index (χ2v) is 9.89. The third-order valence-corrected chi connectivity index (χ3v) is 6.90. The van der Waals surface area contributed by atoms with Crippen molar-refractivity contribution in [3.63, 3.8) is 0 Å². The van der Waals surface area contributed by atoms with Crippen LogP contribution in [-0.2, 0) is 16.0 Å². The fourth-order valence-corrected chi connectivity index (χ4v) is 5.02. The predicted octanol–water partition coefficient (Wildman–Crippen LogP) is 6.78. The highest BCUT2D eigenvalue weighted by Crippen LogP contribution is 2.25. The number of unbranched alkanes of at least 4 members (excludes halogenated alkanes) is 12. The number of likely N-dealkylation sites (tertiary alicyclic amines) is 1. The molecule has 1 saturated heterocycles. The van der Waals surface area contributed by atoms with Gasteiger partial charge in [-0.2, -0.15) is 0 Å². The lowest BCUT2D eigenvalue weighted by atomic mass is 9.97. The van der Waals surface area contributed by atoms with Gasteiger partial charge in [0.05, 0.1) is 0 Å². The molecular formula is C28H47N3O2. The number of hydrogen-bond acceptors (Lipinski definition) is 4. The van der Waals surface area contributed by atoms with Gasteiger partial charge in [0.2, 0.25) is 11.8 Å². The molecule has 1 heterocycles. The molecule has 2 rings (SSSR count). The number of imide groups is 1. The van der Waals surface area contributed by atoms with Crippen LogP contribution < -0.4 is 11.5 Å². The second-order valence-electron chi connectivity index (χ2n) is 9.89. The van der Waals surface area contributed by atoms with Gasteiger partial charge in [-0.15, -0.1) is 0 Å². The predicted molar refractivity (Wildman–Crippen MR) is 139 cm³/mol. The molecule has 0 radical (unpaired) electrons. The molecule has 33 heavy (non-hydrogen) atoms. The fourth-order valence-electron chi connectivity index (χ4n) is 5.02. The molecule has 1 unspecified atom stereocenters. The van der Waals surface area contributed by atoms with Gasteiger partial charge in [-0.1, -0.05) is 90.4 Å². The van der Waals surface area contributed by atoms with Gasteiger partial charge in [0.1, 0.15) is 0 Å². The van der Waals surface area contributed by atoms with Crippen molar-refractivity contribution in [3.8, 4) is 0 Å². The van der Waals surface area contributed by atoms with Crippen LogP contribution in [0.4, 0.5) is 11.4 Å². The summed E-state index contributed by atoms with van der Waals surface area (Å²) in [5.41, 5.74) is 14.2. The number of carbonyl (C=O) groups excluding carboxylic acids is 2. The maximum Gasteiger partial charge on any atom is 0.229 e. The van der Waals surface area contributed by atoms with Crippen LogP contribution in [0, 0.1) is 0 Å². The van der Waals surface area contributed by atoms with E-state index in [4.69, 9.17) is 11.5 Å². The van der Waals surface area contributed by atoms with Crippen LogP contribution >= 0.6 is 0 Å². The van der Waals surface area contributed by atoms with Gasteiger partial charge in [-0.3, -0.25) is 14.5 Å². The molecule has 0 bridgehead atoms. The summed E-state index contributed by atoms with van der Waals surface area (Å²) in [5, 5.41) is 0. The third kappa shape index (κ3) is 10.6. The first kappa shape index (κ1) is 27.2. The Labute approximate surface area is 201 Å². The Kier molecular flexibility index (Phi) is 13.0. The van der Waals surface area contributed by atoms with Gasteiger partial charge in [0.25, 0.3) is 0 Å². The van der Waals surface area contributed by atoms with Crippen LogP contribution in [0.2, 0.25) is 0 Å². The fraction of sp³-hybridized carbons (Fsp3) is 0.714. The summed E-state index contributed by atoms with van der Waals surface area (Å²) in [6, 6.07) is 5.61. The average molecular weight is 458 g/mol. The van der Waals surface area contributed by atoms with E-state index in [9.17, 15) is 9.59 Å². The number of rotatable bonds is 18. The Bertz CT molecular complexity index is 683. The number of amides is 2. The number of nitrogens with zero attached hydrogens (tertiary/aromatic N) is 1. The van der Waals surface area contributed by atoms with Crippen molar-refractivity contribution in [3.05, 3.63) is 23.8 Å². The SMILES string of the molecule is CCCCCCCCCCCCCCCC(CCc1cc(N)cc(N)c1)N1C(=O)CCC1=O. The summed E-state index contributed by atoms with van der Waals surface area (Å²) in [5.74, 6) is -0.0152. The van der Waals surface area contributed by atoms with E-state index < -0.39 is 0 Å². The number of benzene rings is 1. The topological polar surface area (TPSA) is 89.4 Å². The van der Waals surface area contributed by atoms with E-state index in [1.807, 2.05) is 12.1 Å². The standard InChI is InChI=1S/C28H47N3O2/c1-2-3-4-5-6-7-8-9-10-11-12-13-14-15-26(31-27(32)18-19-28(31)33)17-16-23-20-24(29)22-25(30)21-23/h20-22,26H,2-19,29-30H2,1H3. The highest BCUT2D eigenvalue weighted by Gasteiger charge is 2.34. The van der Waals surface area contributed by atoms with E-state index in [0.29, 0.717) is 24.2 Å². The molecule has 1 aliphatic heterocycles. The molecule has 2 amide bonds. The van der Waals surface area contributed by atoms with Gasteiger partial charge in [-0.25, -0.2) is 0 Å². The molecule has 186 valence electrons. The Balaban J connectivity index is 1.65. The summed E-state index contributed by atoms with van der Waals surface area (Å²) >= 11 is 0. The minimum absolute atomic E-state index is 0.00761. The maximum absolute atomic E-state index is 12.3. The molecular weight excluding hydrogens is 410 g/mol. The van der Waals surface area contributed by atoms with E-state index in [0.717, 1.165) is 31.2 Å². The van der Waals surface area contributed by atoms with Crippen molar-refractivity contribution in [2.45, 2.75) is 129 Å². The highest BCUT2D eigenvalue weighted by atomic mass is 16.2. The second kappa shape index (κ2) is 15.7. The average Bonchev–Trinajstić information content (AvgIpc) is 3.11. The normalized spacial score (nSPS) is 14.9. The Hall–Kier alpha value is -2.04. The summed E-state index contributed by atoms with van der Waals surface area (Å²) in [6.07, 6.45) is 20.3. The van der Waals surface area contributed by atoms with E-state index >= 15 is 0 Å². The first-order valence-corrected chi connectivity index (χ1v) is 13.5. The number of hydrogen-bond donors (Lipinski definition) is 2. The minimum atomic E-state index is -0.0112. The van der Waals surface area contributed by atoms with Crippen molar-refractivity contribution in [2.24, 2.45) is 0 Å². The molecule has 0 spiro atoms. The maximum atomic E-state index is 12.3. The van der Waals surface area contributed by atoms with Crippen LogP contribution in [0.3, 0.4) is 0 Å². The zero-order chi connectivity index (χ0) is 23.9. The Morgan fingerprint density at radius 2 is 1.15 bits per heavy atom. The van der Waals surface area contributed by atoms with Crippen molar-refractivity contribution < 1.29 is 9.59 Å². The van der Waals surface area contributed by atoms with E-state index in [1.165, 1.54) is 77.0 Å². The van der Waals surface area contributed by atoms with Crippen molar-refractivity contribution >= 4 is 23.2 Å². The molecule has 4 N–H and O–H groups in total. The first-order chi connectivity index (χ1) is 16.0. The summed E-state index contributed by atoms with van der Waals surface area (Å²) in [7, 11) is 0. The number of nitrogen functional groups attached to an aromatic ring is 2. The molecule has 1 aromatic rings. The molecule has 1 aliphatic rings. The number of anilines is 2. The van der Waals surface area contributed by atoms with Crippen LogP contribution in [0.15, 0.2) is 18.2 Å². The zero-order valence-electron chi connectivity index (χ0n) is 21.0. The van der Waals surface area contributed by atoms with Gasteiger partial charge in [0, 0.05) is 30.3 Å². The molecule has 0 aliphatic carbocycles. The molecule has 1 atom stereocenters. The van der Waals surface area contributed by atoms with Crippen LogP contribution in [0.1, 0.15) is 122 Å². The van der Waals surface area contributed by atoms with Crippen LogP contribution in [0.25, 0.3) is 0 Å². The Morgan fingerprint density at radius 3 is 1.64 bits per heavy atom. The van der Waals surface area contributed by atoms with E-state index in [2.05, 4.69) is 6.92 Å². The van der Waals surface area contributed by atoms with Gasteiger partial charge in [0.15, 0.2) is 0 Å². The molecule has 5 nitrogen and oxygen atoms in total. The van der Waals surface area contributed by atoms with Gasteiger partial charge in [-0.05, 0) is 43.0 Å². The number of aryl methyl sites for hydroxylation is 1. The summed E-state index contributed by atoms with van der Waals surface area (Å²) in [4.78, 5) is 26.2. The molecule has 0 saturated carbocycles. The monoisotopic (exact) mass is 457 g/mol. The first-order valence-electron chi connectivity index (χ1n) is 13.5. The van der Waals surface area contributed by atoms with Crippen molar-refractivity contribution in [2.75, 3.05) is 11.5 Å². The van der Waals surface area contributed by atoms with Gasteiger partial charge >= 0.3 is 0 Å². The lowest BCUT2D eigenvalue weighted by molar-refractivity contribution is -0.141. The van der Waals surface area contributed by atoms with E-state index in [1.54, 1.807) is 11.0 Å². The molecule has 1 aromatic carbocycles. The Morgan fingerprint density at radius 1 is 0.697 bits per heavy atom. The van der Waals surface area contributed by atoms with Crippen molar-refractivity contribution in [1.82, 2.24) is 4.90 Å². The zero-order valence-corrected chi connectivity index (χ0v) is 21.0. The lowest BCUT2D eigenvalue weighted by Crippen LogP contribution is -2.39. The molecule has 0 aromatic heterocycles. The van der Waals surface area contributed by atoms with E-state index in [-0.39, 0.29) is 17.9 Å². The largest absolute Gasteiger partial charge is 0.399 e. The van der Waals surface area contributed by atoms with Crippen LogP contribution in [-0.4, -0.2) is 22.8 Å². The highest BCUT2D eigenvalue weighted by molar-refractivity contribution is 6.02. The van der Waals surface area contributed by atoms with Crippen molar-refractivity contribution in [1.29, 1.82) is 0 Å². The number of nitrogens with two attached hydrogens (primary N) is 2. The lowest BCUT2D eigenvalue weighted by Gasteiger charge is -2.26. The van der Waals surface area contributed by atoms with Crippen LogP contribution in [0.5, 0.6) is 0 Å². The smallest absolute Gasteiger partial charge is 0.229 e. The molecule has 1 fully saturated rings. The summed E-state index contributed by atoms with van der Waals surface area (Å²) in [6.45, 7) is 2.27. The quantitative estimate of drug-likeness (QED) is 0.144. The van der Waals surface area contributed by atoms with Gasteiger partial charge < -0.3 is 11.5 Å². The third-order valence-electron chi connectivity index (χ3n) is 6.90. The molecule has 5 heteroatoms.